The lowest BCUT2D eigenvalue weighted by Gasteiger charge is -2.18. The van der Waals surface area contributed by atoms with Gasteiger partial charge < -0.3 is 4.74 Å². The van der Waals surface area contributed by atoms with Gasteiger partial charge in [0.15, 0.2) is 0 Å². The van der Waals surface area contributed by atoms with Gasteiger partial charge in [0.1, 0.15) is 0 Å². The number of hydrogen-bond donors (Lipinski definition) is 0. The minimum atomic E-state index is -0.265. The number of rotatable bonds is 2. The van der Waals surface area contributed by atoms with E-state index in [0.29, 0.717) is 5.57 Å². The van der Waals surface area contributed by atoms with Crippen LogP contribution in [0.4, 0.5) is 0 Å². The van der Waals surface area contributed by atoms with Crippen molar-refractivity contribution in [3.8, 4) is 0 Å². The predicted molar refractivity (Wildman–Crippen MR) is 92.2 cm³/mol. The molecule has 0 fully saturated rings. The summed E-state index contributed by atoms with van der Waals surface area (Å²) in [6.07, 6.45) is 1.96. The summed E-state index contributed by atoms with van der Waals surface area (Å²) in [5.41, 5.74) is 4.09. The van der Waals surface area contributed by atoms with Crippen LogP contribution in [0.5, 0.6) is 0 Å². The van der Waals surface area contributed by atoms with Crippen LogP contribution in [0, 0.1) is 0 Å². The van der Waals surface area contributed by atoms with Crippen molar-refractivity contribution in [1.82, 2.24) is 0 Å². The molecule has 0 aromatic heterocycles. The molecule has 23 heavy (non-hydrogen) atoms. The molecule has 1 unspecified atom stereocenters. The van der Waals surface area contributed by atoms with Gasteiger partial charge in [0.25, 0.3) is 0 Å². The van der Waals surface area contributed by atoms with E-state index >= 15 is 0 Å². The lowest BCUT2D eigenvalue weighted by molar-refractivity contribution is -0.136. The molecule has 3 aromatic carbocycles. The molecule has 1 aliphatic carbocycles. The van der Waals surface area contributed by atoms with Gasteiger partial charge in [0.2, 0.25) is 0 Å². The van der Waals surface area contributed by atoms with Crippen molar-refractivity contribution in [3.63, 3.8) is 0 Å². The van der Waals surface area contributed by atoms with Crippen LogP contribution in [0.25, 0.3) is 16.8 Å². The van der Waals surface area contributed by atoms with Gasteiger partial charge in [-0.05, 0) is 33.5 Å². The molecule has 0 heterocycles. The second-order valence-corrected chi connectivity index (χ2v) is 5.72. The van der Waals surface area contributed by atoms with Crippen LogP contribution in [0.1, 0.15) is 22.6 Å². The van der Waals surface area contributed by atoms with Crippen LogP contribution in [0.2, 0.25) is 0 Å². The third-order valence-corrected chi connectivity index (χ3v) is 4.47. The van der Waals surface area contributed by atoms with Gasteiger partial charge in [-0.1, -0.05) is 66.7 Å². The van der Waals surface area contributed by atoms with E-state index in [4.69, 9.17) is 4.74 Å². The van der Waals surface area contributed by atoms with Crippen molar-refractivity contribution in [1.29, 1.82) is 0 Å². The van der Waals surface area contributed by atoms with Gasteiger partial charge >= 0.3 is 5.97 Å². The number of esters is 1. The number of fused-ring (bicyclic) bond motifs is 3. The molecule has 4 rings (SSSR count). The first kappa shape index (κ1) is 13.8. The molecule has 1 atom stereocenters. The number of carbonyl (C=O) groups excluding carboxylic acids is 1. The fourth-order valence-electron chi connectivity index (χ4n) is 3.45. The Morgan fingerprint density at radius 2 is 1.65 bits per heavy atom. The second-order valence-electron chi connectivity index (χ2n) is 5.72. The Labute approximate surface area is 135 Å². The fourth-order valence-corrected chi connectivity index (χ4v) is 3.45. The Morgan fingerprint density at radius 3 is 2.43 bits per heavy atom. The van der Waals surface area contributed by atoms with Crippen LogP contribution >= 0.6 is 0 Å². The van der Waals surface area contributed by atoms with Crippen LogP contribution in [-0.2, 0) is 9.53 Å². The van der Waals surface area contributed by atoms with Crippen molar-refractivity contribution < 1.29 is 9.53 Å². The van der Waals surface area contributed by atoms with Gasteiger partial charge in [-0.3, -0.25) is 0 Å². The molecule has 0 spiro atoms. The van der Waals surface area contributed by atoms with E-state index in [0.717, 1.165) is 11.1 Å². The van der Waals surface area contributed by atoms with E-state index in [-0.39, 0.29) is 11.9 Å². The third kappa shape index (κ3) is 2.15. The number of methoxy groups -OCH3 is 1. The molecular weight excluding hydrogens is 284 g/mol. The molecule has 0 amide bonds. The van der Waals surface area contributed by atoms with Gasteiger partial charge in [-0.2, -0.15) is 0 Å². The lowest BCUT2D eigenvalue weighted by Crippen LogP contribution is -2.11. The van der Waals surface area contributed by atoms with Crippen LogP contribution in [-0.4, -0.2) is 13.1 Å². The maximum absolute atomic E-state index is 12.3. The quantitative estimate of drug-likeness (QED) is 0.649. The molecule has 1 aliphatic rings. The van der Waals surface area contributed by atoms with Crippen molar-refractivity contribution in [2.45, 2.75) is 5.92 Å². The van der Waals surface area contributed by atoms with Crippen LogP contribution < -0.4 is 0 Å². The summed E-state index contributed by atoms with van der Waals surface area (Å²) in [5, 5.41) is 2.38. The molecule has 112 valence electrons. The molecular formula is C21H16O2. The zero-order valence-electron chi connectivity index (χ0n) is 12.8. The largest absolute Gasteiger partial charge is 0.466 e. The predicted octanol–water partition coefficient (Wildman–Crippen LogP) is 4.54. The Hall–Kier alpha value is -2.87. The standard InChI is InChI=1S/C21H16O2/c1-23-21(22)18-13-16-12-11-14-7-5-6-10-17(14)20(16)19(18)15-8-3-2-4-9-15/h2-13,19H,1H3. The highest BCUT2D eigenvalue weighted by molar-refractivity contribution is 6.03. The first-order valence-electron chi connectivity index (χ1n) is 7.66. The lowest BCUT2D eigenvalue weighted by atomic mass is 9.85. The average Bonchev–Trinajstić information content (AvgIpc) is 3.02. The monoisotopic (exact) mass is 300 g/mol. The summed E-state index contributed by atoms with van der Waals surface area (Å²) in [4.78, 5) is 12.3. The summed E-state index contributed by atoms with van der Waals surface area (Å²) in [6.45, 7) is 0. The second kappa shape index (κ2) is 5.40. The molecule has 2 nitrogen and oxygen atoms in total. The smallest absolute Gasteiger partial charge is 0.334 e. The summed E-state index contributed by atoms with van der Waals surface area (Å²) < 4.78 is 5.02. The van der Waals surface area contributed by atoms with E-state index in [2.05, 4.69) is 36.4 Å². The summed E-state index contributed by atoms with van der Waals surface area (Å²) in [6, 6.07) is 22.6. The first-order valence-corrected chi connectivity index (χ1v) is 7.66. The Bertz CT molecular complexity index is 923. The Balaban J connectivity index is 2.00. The normalized spacial score (nSPS) is 16.0. The Kier molecular flexibility index (Phi) is 3.23. The van der Waals surface area contributed by atoms with E-state index < -0.39 is 0 Å². The fraction of sp³-hybridized carbons (Fsp3) is 0.0952. The van der Waals surface area contributed by atoms with Crippen LogP contribution in [0.15, 0.2) is 72.3 Å². The Morgan fingerprint density at radius 1 is 0.913 bits per heavy atom. The molecule has 0 radical (unpaired) electrons. The summed E-state index contributed by atoms with van der Waals surface area (Å²) >= 11 is 0. The molecule has 3 aromatic rings. The maximum atomic E-state index is 12.3. The summed E-state index contributed by atoms with van der Waals surface area (Å²) in [7, 11) is 1.44. The SMILES string of the molecule is COC(=O)C1=Cc2ccc3ccccc3c2C1c1ccccc1. The van der Waals surface area contributed by atoms with E-state index in [1.807, 2.05) is 36.4 Å². The van der Waals surface area contributed by atoms with Gasteiger partial charge in [-0.25, -0.2) is 4.79 Å². The van der Waals surface area contributed by atoms with Crippen LogP contribution in [0.3, 0.4) is 0 Å². The number of benzene rings is 3. The minimum Gasteiger partial charge on any atom is -0.466 e. The molecule has 0 bridgehead atoms. The van der Waals surface area contributed by atoms with Gasteiger partial charge in [0.05, 0.1) is 7.11 Å². The zero-order valence-corrected chi connectivity index (χ0v) is 12.8. The van der Waals surface area contributed by atoms with E-state index in [9.17, 15) is 4.79 Å². The third-order valence-electron chi connectivity index (χ3n) is 4.47. The highest BCUT2D eigenvalue weighted by Gasteiger charge is 2.32. The number of ether oxygens (including phenoxy) is 1. The van der Waals surface area contributed by atoms with E-state index in [1.165, 1.54) is 23.4 Å². The molecule has 0 saturated heterocycles. The van der Waals surface area contributed by atoms with Crippen molar-refractivity contribution in [2.75, 3.05) is 7.11 Å². The van der Waals surface area contributed by atoms with Crippen molar-refractivity contribution in [2.24, 2.45) is 0 Å². The molecule has 0 aliphatic heterocycles. The summed E-state index contributed by atoms with van der Waals surface area (Å²) in [5.74, 6) is -0.344. The minimum absolute atomic E-state index is 0.0789. The first-order chi connectivity index (χ1) is 11.3. The van der Waals surface area contributed by atoms with Gasteiger partial charge in [-0.15, -0.1) is 0 Å². The zero-order chi connectivity index (χ0) is 15.8. The highest BCUT2D eigenvalue weighted by atomic mass is 16.5. The van der Waals surface area contributed by atoms with Gasteiger partial charge in [0, 0.05) is 11.5 Å². The molecule has 0 N–H and O–H groups in total. The molecule has 2 heteroatoms. The maximum Gasteiger partial charge on any atom is 0.334 e. The number of carbonyl (C=O) groups is 1. The topological polar surface area (TPSA) is 26.3 Å². The van der Waals surface area contributed by atoms with Crippen molar-refractivity contribution >= 4 is 22.8 Å². The average molecular weight is 300 g/mol. The van der Waals surface area contributed by atoms with Crippen molar-refractivity contribution in [3.05, 3.63) is 89.0 Å². The highest BCUT2D eigenvalue weighted by Crippen LogP contribution is 2.44. The molecule has 0 saturated carbocycles. The van der Waals surface area contributed by atoms with E-state index in [1.54, 1.807) is 0 Å². The number of hydrogen-bond acceptors (Lipinski definition) is 2.